The van der Waals surface area contributed by atoms with Crippen LogP contribution in [0.2, 0.25) is 0 Å². The molecule has 0 aliphatic carbocycles. The minimum absolute atomic E-state index is 0.0144. The predicted octanol–water partition coefficient (Wildman–Crippen LogP) is 0.997. The monoisotopic (exact) mass is 242 g/mol. The number of hydrogen-bond donors (Lipinski definition) is 2. The van der Waals surface area contributed by atoms with E-state index in [1.165, 1.54) is 25.7 Å². The number of piperidine rings is 1. The van der Waals surface area contributed by atoms with Gasteiger partial charge in [0.15, 0.2) is 0 Å². The van der Waals surface area contributed by atoms with E-state index in [0.717, 1.165) is 13.1 Å². The van der Waals surface area contributed by atoms with E-state index in [-0.39, 0.29) is 12.5 Å². The second kappa shape index (κ2) is 6.97. The molecule has 2 N–H and O–H groups in total. The zero-order chi connectivity index (χ0) is 12.7. The molecular formula is C13H26N2O2. The molecule has 0 bridgehead atoms. The number of carbonyl (C=O) groups excluding carboxylic acids is 1. The molecule has 100 valence electrons. The van der Waals surface area contributed by atoms with Crippen molar-refractivity contribution in [3.05, 3.63) is 0 Å². The third kappa shape index (κ3) is 4.28. The summed E-state index contributed by atoms with van der Waals surface area (Å²) in [6, 6.07) is 0. The average molecular weight is 242 g/mol. The Balaban J connectivity index is 2.29. The van der Waals surface area contributed by atoms with E-state index in [1.54, 1.807) is 0 Å². The number of rotatable bonds is 6. The van der Waals surface area contributed by atoms with E-state index in [4.69, 9.17) is 5.11 Å². The van der Waals surface area contributed by atoms with Crippen molar-refractivity contribution >= 4 is 5.91 Å². The van der Waals surface area contributed by atoms with Crippen molar-refractivity contribution in [1.82, 2.24) is 10.2 Å². The summed E-state index contributed by atoms with van der Waals surface area (Å²) in [6.07, 6.45) is 4.89. The second-order valence-electron chi connectivity index (χ2n) is 5.06. The first-order chi connectivity index (χ1) is 8.15. The van der Waals surface area contributed by atoms with Crippen molar-refractivity contribution < 1.29 is 9.90 Å². The topological polar surface area (TPSA) is 52.6 Å². The molecule has 17 heavy (non-hydrogen) atoms. The number of likely N-dealkylation sites (tertiary alicyclic amines) is 1. The molecule has 0 aromatic carbocycles. The van der Waals surface area contributed by atoms with Crippen LogP contribution < -0.4 is 5.32 Å². The van der Waals surface area contributed by atoms with Crippen LogP contribution >= 0.6 is 0 Å². The Kier molecular flexibility index (Phi) is 5.92. The zero-order valence-corrected chi connectivity index (χ0v) is 11.2. The highest BCUT2D eigenvalue weighted by Crippen LogP contribution is 2.37. The highest BCUT2D eigenvalue weighted by Gasteiger charge is 2.31. The Morgan fingerprint density at radius 3 is 2.35 bits per heavy atom. The molecule has 0 radical (unpaired) electrons. The molecule has 1 heterocycles. The van der Waals surface area contributed by atoms with Gasteiger partial charge in [0.05, 0.1) is 13.2 Å². The van der Waals surface area contributed by atoms with Crippen LogP contribution in [0.3, 0.4) is 0 Å². The maximum Gasteiger partial charge on any atom is 0.234 e. The van der Waals surface area contributed by atoms with Crippen molar-refractivity contribution in [3.63, 3.8) is 0 Å². The van der Waals surface area contributed by atoms with Crippen LogP contribution in [0.4, 0.5) is 0 Å². The van der Waals surface area contributed by atoms with Crippen molar-refractivity contribution in [2.75, 3.05) is 32.8 Å². The lowest BCUT2D eigenvalue weighted by Gasteiger charge is -2.40. The first-order valence-electron chi connectivity index (χ1n) is 6.75. The predicted molar refractivity (Wildman–Crippen MR) is 68.8 cm³/mol. The van der Waals surface area contributed by atoms with Gasteiger partial charge < -0.3 is 10.4 Å². The van der Waals surface area contributed by atoms with Gasteiger partial charge in [-0.05, 0) is 31.3 Å². The van der Waals surface area contributed by atoms with E-state index in [2.05, 4.69) is 24.1 Å². The molecule has 0 saturated carbocycles. The van der Waals surface area contributed by atoms with E-state index < -0.39 is 0 Å². The number of amides is 1. The van der Waals surface area contributed by atoms with E-state index in [9.17, 15) is 4.79 Å². The summed E-state index contributed by atoms with van der Waals surface area (Å²) in [5.74, 6) is 0.0274. The van der Waals surface area contributed by atoms with Gasteiger partial charge in [-0.1, -0.05) is 26.7 Å². The van der Waals surface area contributed by atoms with Gasteiger partial charge in [0.2, 0.25) is 5.91 Å². The standard InChI is InChI=1S/C13H26N2O2/c1-3-13(4-2)5-8-15(9-6-13)11-12(17)14-7-10-16/h16H,3-11H2,1-2H3,(H,14,17). The fraction of sp³-hybridized carbons (Fsp3) is 0.923. The van der Waals surface area contributed by atoms with E-state index in [1.807, 2.05) is 0 Å². The summed E-state index contributed by atoms with van der Waals surface area (Å²) < 4.78 is 0. The summed E-state index contributed by atoms with van der Waals surface area (Å²) in [5, 5.41) is 11.3. The van der Waals surface area contributed by atoms with Gasteiger partial charge in [0.1, 0.15) is 0 Å². The highest BCUT2D eigenvalue weighted by molar-refractivity contribution is 5.77. The molecule has 1 saturated heterocycles. The van der Waals surface area contributed by atoms with Crippen molar-refractivity contribution in [2.45, 2.75) is 39.5 Å². The quantitative estimate of drug-likeness (QED) is 0.730. The van der Waals surface area contributed by atoms with Crippen LogP contribution in [-0.4, -0.2) is 48.7 Å². The Morgan fingerprint density at radius 2 is 1.88 bits per heavy atom. The average Bonchev–Trinajstić information content (AvgIpc) is 2.38. The SMILES string of the molecule is CCC1(CC)CCN(CC(=O)NCCO)CC1. The summed E-state index contributed by atoms with van der Waals surface area (Å²) >= 11 is 0. The molecule has 0 aromatic heterocycles. The Morgan fingerprint density at radius 1 is 1.29 bits per heavy atom. The fourth-order valence-electron chi connectivity index (χ4n) is 2.60. The maximum atomic E-state index is 11.5. The van der Waals surface area contributed by atoms with Gasteiger partial charge in [-0.2, -0.15) is 0 Å². The zero-order valence-electron chi connectivity index (χ0n) is 11.2. The Bertz CT molecular complexity index is 230. The number of hydrogen-bond acceptors (Lipinski definition) is 3. The van der Waals surface area contributed by atoms with Crippen LogP contribution in [-0.2, 0) is 4.79 Å². The van der Waals surface area contributed by atoms with Gasteiger partial charge in [-0.3, -0.25) is 9.69 Å². The summed E-state index contributed by atoms with van der Waals surface area (Å²) in [7, 11) is 0. The van der Waals surface area contributed by atoms with Gasteiger partial charge in [0.25, 0.3) is 0 Å². The number of aliphatic hydroxyl groups excluding tert-OH is 1. The van der Waals surface area contributed by atoms with Crippen molar-refractivity contribution in [3.8, 4) is 0 Å². The van der Waals surface area contributed by atoms with Gasteiger partial charge in [-0.15, -0.1) is 0 Å². The fourth-order valence-corrected chi connectivity index (χ4v) is 2.60. The first kappa shape index (κ1) is 14.5. The number of nitrogens with zero attached hydrogens (tertiary/aromatic N) is 1. The van der Waals surface area contributed by atoms with Crippen LogP contribution in [0, 0.1) is 5.41 Å². The van der Waals surface area contributed by atoms with Crippen molar-refractivity contribution in [2.24, 2.45) is 5.41 Å². The summed E-state index contributed by atoms with van der Waals surface area (Å²) in [5.41, 5.74) is 0.512. The number of nitrogens with one attached hydrogen (secondary N) is 1. The van der Waals surface area contributed by atoms with Gasteiger partial charge >= 0.3 is 0 Å². The third-order valence-electron chi connectivity index (χ3n) is 4.22. The molecule has 0 unspecified atom stereocenters. The molecular weight excluding hydrogens is 216 g/mol. The van der Waals surface area contributed by atoms with Gasteiger partial charge in [-0.25, -0.2) is 0 Å². The Labute approximate surface area is 104 Å². The third-order valence-corrected chi connectivity index (χ3v) is 4.22. The van der Waals surface area contributed by atoms with Crippen LogP contribution in [0.15, 0.2) is 0 Å². The van der Waals surface area contributed by atoms with Crippen LogP contribution in [0.5, 0.6) is 0 Å². The molecule has 1 amide bonds. The van der Waals surface area contributed by atoms with Crippen LogP contribution in [0.1, 0.15) is 39.5 Å². The molecule has 0 aromatic rings. The van der Waals surface area contributed by atoms with Crippen LogP contribution in [0.25, 0.3) is 0 Å². The lowest BCUT2D eigenvalue weighted by molar-refractivity contribution is -0.123. The molecule has 1 fully saturated rings. The van der Waals surface area contributed by atoms with E-state index >= 15 is 0 Å². The molecule has 1 rings (SSSR count). The largest absolute Gasteiger partial charge is 0.395 e. The first-order valence-corrected chi connectivity index (χ1v) is 6.75. The summed E-state index contributed by atoms with van der Waals surface area (Å²) in [4.78, 5) is 13.7. The molecule has 4 heteroatoms. The molecule has 0 atom stereocenters. The Hall–Kier alpha value is -0.610. The lowest BCUT2D eigenvalue weighted by Crippen LogP contribution is -2.44. The number of carbonyl (C=O) groups is 1. The van der Waals surface area contributed by atoms with Gasteiger partial charge in [0, 0.05) is 6.54 Å². The smallest absolute Gasteiger partial charge is 0.234 e. The summed E-state index contributed by atoms with van der Waals surface area (Å²) in [6.45, 7) is 7.44. The molecule has 4 nitrogen and oxygen atoms in total. The number of aliphatic hydroxyl groups is 1. The van der Waals surface area contributed by atoms with E-state index in [0.29, 0.717) is 18.5 Å². The maximum absolute atomic E-state index is 11.5. The second-order valence-corrected chi connectivity index (χ2v) is 5.06. The minimum atomic E-state index is 0.0144. The molecule has 1 aliphatic heterocycles. The lowest BCUT2D eigenvalue weighted by atomic mass is 9.74. The highest BCUT2D eigenvalue weighted by atomic mass is 16.3. The molecule has 0 spiro atoms. The minimum Gasteiger partial charge on any atom is -0.395 e. The van der Waals surface area contributed by atoms with Crippen molar-refractivity contribution in [1.29, 1.82) is 0 Å². The normalized spacial score (nSPS) is 20.2. The molecule has 1 aliphatic rings.